The molecule has 0 spiro atoms. The van der Waals surface area contributed by atoms with Crippen molar-refractivity contribution in [3.63, 3.8) is 0 Å². The van der Waals surface area contributed by atoms with Crippen LogP contribution in [0, 0.1) is 0 Å². The number of hydrogen-bond donors (Lipinski definition) is 0. The van der Waals surface area contributed by atoms with Crippen LogP contribution in [0.5, 0.6) is 0 Å². The first-order valence-electron chi connectivity index (χ1n) is 5.39. The number of hydrogen-bond acceptors (Lipinski definition) is 5. The summed E-state index contributed by atoms with van der Waals surface area (Å²) in [5, 5.41) is -0.171. The lowest BCUT2D eigenvalue weighted by atomic mass is 10.3. The lowest BCUT2D eigenvalue weighted by Gasteiger charge is -2.36. The molecule has 0 aromatic rings. The van der Waals surface area contributed by atoms with Gasteiger partial charge in [0.2, 0.25) is 0 Å². The fourth-order valence-electron chi connectivity index (χ4n) is 1.49. The fraction of sp³-hybridized carbons (Fsp3) is 1.00. The first-order chi connectivity index (χ1) is 7.45. The largest absolute Gasteiger partial charge is 0.507 e. The highest BCUT2D eigenvalue weighted by molar-refractivity contribution is 6.63. The van der Waals surface area contributed by atoms with Crippen LogP contribution in [0.2, 0.25) is 5.04 Å². The number of rotatable bonds is 7. The van der Waals surface area contributed by atoms with Gasteiger partial charge in [0.05, 0.1) is 13.2 Å². The van der Waals surface area contributed by atoms with Gasteiger partial charge < -0.3 is 22.8 Å². The quantitative estimate of drug-likeness (QED) is 0.296. The Kier molecular flexibility index (Phi) is 4.90. The standard InChI is InChI=1S/C10H22O5Si/c1-10(2,3)16(11-4,12-5)15-8-13-6-9-7-14-9/h9H,6-8H2,1-5H3. The molecule has 1 fully saturated rings. The lowest BCUT2D eigenvalue weighted by molar-refractivity contribution is -0.0444. The molecule has 1 rings (SSSR count). The van der Waals surface area contributed by atoms with Crippen molar-refractivity contribution >= 4 is 8.80 Å². The molecule has 6 heteroatoms. The van der Waals surface area contributed by atoms with E-state index in [1.165, 1.54) is 0 Å². The van der Waals surface area contributed by atoms with Crippen LogP contribution in [0.1, 0.15) is 20.8 Å². The third-order valence-corrected chi connectivity index (χ3v) is 5.90. The number of epoxide rings is 1. The summed E-state index contributed by atoms with van der Waals surface area (Å²) in [4.78, 5) is 0. The number of ether oxygens (including phenoxy) is 2. The molecule has 16 heavy (non-hydrogen) atoms. The van der Waals surface area contributed by atoms with Crippen molar-refractivity contribution in [1.29, 1.82) is 0 Å². The maximum atomic E-state index is 5.69. The molecule has 0 N–H and O–H groups in total. The molecule has 96 valence electrons. The predicted octanol–water partition coefficient (Wildman–Crippen LogP) is 1.41. The molecule has 1 aliphatic heterocycles. The molecule has 0 aliphatic carbocycles. The van der Waals surface area contributed by atoms with Crippen molar-refractivity contribution in [2.75, 3.05) is 34.2 Å². The van der Waals surface area contributed by atoms with Gasteiger partial charge in [0.1, 0.15) is 12.9 Å². The first-order valence-corrected chi connectivity index (χ1v) is 7.11. The van der Waals surface area contributed by atoms with Crippen LogP contribution in [0.15, 0.2) is 0 Å². The average molecular weight is 250 g/mol. The highest BCUT2D eigenvalue weighted by atomic mass is 28.4. The van der Waals surface area contributed by atoms with Crippen LogP contribution in [-0.4, -0.2) is 49.1 Å². The molecular formula is C10H22O5Si. The second kappa shape index (κ2) is 5.57. The van der Waals surface area contributed by atoms with E-state index >= 15 is 0 Å². The van der Waals surface area contributed by atoms with Gasteiger partial charge in [-0.2, -0.15) is 0 Å². The smallest absolute Gasteiger partial charge is 0.376 e. The van der Waals surface area contributed by atoms with E-state index in [0.29, 0.717) is 6.61 Å². The van der Waals surface area contributed by atoms with E-state index in [1.807, 2.05) is 20.8 Å². The van der Waals surface area contributed by atoms with E-state index in [9.17, 15) is 0 Å². The molecule has 0 amide bonds. The molecule has 1 aliphatic rings. The van der Waals surface area contributed by atoms with Crippen LogP contribution in [-0.2, 0) is 22.8 Å². The molecular weight excluding hydrogens is 228 g/mol. The molecule has 0 aromatic heterocycles. The summed E-state index contributed by atoms with van der Waals surface area (Å²) in [7, 11) is 0.570. The summed E-state index contributed by atoms with van der Waals surface area (Å²) in [6.45, 7) is 7.66. The molecule has 0 radical (unpaired) electrons. The molecule has 1 atom stereocenters. The Hall–Kier alpha value is 0.0169. The van der Waals surface area contributed by atoms with E-state index < -0.39 is 8.80 Å². The third-order valence-electron chi connectivity index (χ3n) is 2.49. The second-order valence-electron chi connectivity index (χ2n) is 4.80. The highest BCUT2D eigenvalue weighted by Gasteiger charge is 2.51. The predicted molar refractivity (Wildman–Crippen MR) is 61.1 cm³/mol. The Bertz CT molecular complexity index is 208. The van der Waals surface area contributed by atoms with Crippen LogP contribution < -0.4 is 0 Å². The summed E-state index contributed by atoms with van der Waals surface area (Å²) in [5.74, 6) is 0. The fourth-order valence-corrected chi connectivity index (χ4v) is 3.79. The minimum Gasteiger partial charge on any atom is -0.376 e. The van der Waals surface area contributed by atoms with Gasteiger partial charge in [-0.1, -0.05) is 20.8 Å². The molecule has 1 unspecified atom stereocenters. The Morgan fingerprint density at radius 3 is 2.19 bits per heavy atom. The Labute approximate surface area is 98.3 Å². The minimum absolute atomic E-state index is 0.171. The van der Waals surface area contributed by atoms with E-state index in [-0.39, 0.29) is 17.9 Å². The van der Waals surface area contributed by atoms with Gasteiger partial charge in [0.25, 0.3) is 0 Å². The summed E-state index contributed by atoms with van der Waals surface area (Å²) in [5.41, 5.74) is 0. The SMILES string of the molecule is CO[Si](OC)(OCOCC1CO1)C(C)(C)C. The minimum atomic E-state index is -2.66. The van der Waals surface area contributed by atoms with Gasteiger partial charge in [0, 0.05) is 19.3 Å². The Balaban J connectivity index is 2.36. The van der Waals surface area contributed by atoms with Crippen molar-refractivity contribution in [1.82, 2.24) is 0 Å². The maximum absolute atomic E-state index is 5.69. The Morgan fingerprint density at radius 2 is 1.81 bits per heavy atom. The van der Waals surface area contributed by atoms with Crippen molar-refractivity contribution in [3.8, 4) is 0 Å². The van der Waals surface area contributed by atoms with E-state index in [0.717, 1.165) is 6.61 Å². The van der Waals surface area contributed by atoms with E-state index in [4.69, 9.17) is 22.8 Å². The summed E-state index contributed by atoms with van der Waals surface area (Å²) < 4.78 is 27.0. The third kappa shape index (κ3) is 3.51. The summed E-state index contributed by atoms with van der Waals surface area (Å²) in [6.07, 6.45) is 0.249. The van der Waals surface area contributed by atoms with Gasteiger partial charge in [-0.3, -0.25) is 0 Å². The van der Waals surface area contributed by atoms with Crippen molar-refractivity contribution in [3.05, 3.63) is 0 Å². The van der Waals surface area contributed by atoms with Crippen LogP contribution in [0.3, 0.4) is 0 Å². The molecule has 1 heterocycles. The van der Waals surface area contributed by atoms with Gasteiger partial charge in [-0.15, -0.1) is 0 Å². The van der Waals surface area contributed by atoms with E-state index in [2.05, 4.69) is 0 Å². The first kappa shape index (κ1) is 14.1. The zero-order chi connectivity index (χ0) is 12.2. The topological polar surface area (TPSA) is 49.5 Å². The monoisotopic (exact) mass is 250 g/mol. The molecule has 0 aromatic carbocycles. The van der Waals surface area contributed by atoms with Crippen molar-refractivity contribution in [2.24, 2.45) is 0 Å². The maximum Gasteiger partial charge on any atom is 0.507 e. The van der Waals surface area contributed by atoms with Crippen molar-refractivity contribution in [2.45, 2.75) is 31.9 Å². The van der Waals surface area contributed by atoms with Gasteiger partial charge in [-0.25, -0.2) is 0 Å². The van der Waals surface area contributed by atoms with Crippen LogP contribution in [0.4, 0.5) is 0 Å². The van der Waals surface area contributed by atoms with Crippen molar-refractivity contribution < 1.29 is 22.8 Å². The zero-order valence-electron chi connectivity index (χ0n) is 10.7. The van der Waals surface area contributed by atoms with Gasteiger partial charge in [-0.05, 0) is 0 Å². The van der Waals surface area contributed by atoms with Crippen LogP contribution >= 0.6 is 0 Å². The summed E-state index contributed by atoms with van der Waals surface area (Å²) >= 11 is 0. The molecule has 0 saturated carbocycles. The second-order valence-corrected chi connectivity index (χ2v) is 8.52. The van der Waals surface area contributed by atoms with E-state index in [1.54, 1.807) is 14.2 Å². The molecule has 5 nitrogen and oxygen atoms in total. The van der Waals surface area contributed by atoms with Gasteiger partial charge in [0.15, 0.2) is 0 Å². The van der Waals surface area contributed by atoms with Gasteiger partial charge >= 0.3 is 8.80 Å². The zero-order valence-corrected chi connectivity index (χ0v) is 11.7. The lowest BCUT2D eigenvalue weighted by Crippen LogP contribution is -2.52. The van der Waals surface area contributed by atoms with Crippen LogP contribution in [0.25, 0.3) is 0 Å². The Morgan fingerprint density at radius 1 is 1.25 bits per heavy atom. The highest BCUT2D eigenvalue weighted by Crippen LogP contribution is 2.37. The molecule has 1 saturated heterocycles. The normalized spacial score (nSPS) is 21.2. The summed E-state index contributed by atoms with van der Waals surface area (Å²) in [6, 6.07) is 0. The average Bonchev–Trinajstić information content (AvgIpc) is 3.00. The molecule has 0 bridgehead atoms.